The number of rotatable bonds is 22. The van der Waals surface area contributed by atoms with Gasteiger partial charge in [-0.3, -0.25) is 0 Å². The summed E-state index contributed by atoms with van der Waals surface area (Å²) in [5, 5.41) is 0. The van der Waals surface area contributed by atoms with Gasteiger partial charge in [-0.1, -0.05) is 171 Å². The van der Waals surface area contributed by atoms with Gasteiger partial charge in [-0.15, -0.1) is 0 Å². The maximum Gasteiger partial charge on any atom is 0.0796 e. The monoisotopic (exact) mass is 478 g/mol. The summed E-state index contributed by atoms with van der Waals surface area (Å²) >= 11 is 0. The van der Waals surface area contributed by atoms with Crippen LogP contribution in [-0.2, 0) is 4.74 Å². The van der Waals surface area contributed by atoms with Crippen molar-refractivity contribution in [3.63, 3.8) is 0 Å². The molecule has 2 aromatic carbocycles. The zero-order valence-corrected chi connectivity index (χ0v) is 23.1. The maximum absolute atomic E-state index is 6.10. The first-order chi connectivity index (χ1) is 17.3. The van der Waals surface area contributed by atoms with Crippen molar-refractivity contribution in [1.82, 2.24) is 0 Å². The van der Waals surface area contributed by atoms with Gasteiger partial charge in [0.1, 0.15) is 0 Å². The minimum Gasteiger partial charge on any atom is -0.374 e. The molecule has 1 atom stereocenters. The summed E-state index contributed by atoms with van der Waals surface area (Å²) in [4.78, 5) is 0. The number of hydrogen-bond donors (Lipinski definition) is 0. The fraction of sp³-hybridized carbons (Fsp3) is 0.647. The second-order valence-corrected chi connectivity index (χ2v) is 10.5. The first-order valence-electron chi connectivity index (χ1n) is 15.1. The van der Waals surface area contributed by atoms with E-state index >= 15 is 0 Å². The molecule has 1 heteroatoms. The quantitative estimate of drug-likeness (QED) is 0.153. The summed E-state index contributed by atoms with van der Waals surface area (Å²) in [6.07, 6.45) is 25.7. The molecule has 0 N–H and O–H groups in total. The Bertz CT molecular complexity index is 705. The summed E-state index contributed by atoms with van der Waals surface area (Å²) in [5.74, 6) is 0. The lowest BCUT2D eigenvalue weighted by atomic mass is 10.0. The molecule has 1 nitrogen and oxygen atoms in total. The second kappa shape index (κ2) is 20.6. The van der Waals surface area contributed by atoms with Gasteiger partial charge >= 0.3 is 0 Å². The standard InChI is InChI=1S/C34H54O/c1-3-4-5-6-7-8-9-10-11-12-13-14-15-16-17-18-19-23-30-35-31(2)32-26-28-34(29-27-32)33-24-21-20-22-25-33/h20-22,24-29,31H,3-19,23,30H2,1-2H3. The number of ether oxygens (including phenoxy) is 1. The van der Waals surface area contributed by atoms with Crippen LogP contribution in [-0.4, -0.2) is 6.61 Å². The van der Waals surface area contributed by atoms with Gasteiger partial charge in [0.15, 0.2) is 0 Å². The third-order valence-corrected chi connectivity index (χ3v) is 7.35. The molecular weight excluding hydrogens is 424 g/mol. The molecule has 0 spiro atoms. The summed E-state index contributed by atoms with van der Waals surface area (Å²) in [6, 6.07) is 19.4. The van der Waals surface area contributed by atoms with Crippen molar-refractivity contribution in [2.24, 2.45) is 0 Å². The van der Waals surface area contributed by atoms with E-state index in [0.29, 0.717) is 0 Å². The molecule has 0 saturated carbocycles. The summed E-state index contributed by atoms with van der Waals surface area (Å²) in [6.45, 7) is 5.35. The van der Waals surface area contributed by atoms with Crippen molar-refractivity contribution >= 4 is 0 Å². The zero-order valence-electron chi connectivity index (χ0n) is 23.1. The summed E-state index contributed by atoms with van der Waals surface area (Å²) in [5.41, 5.74) is 3.81. The van der Waals surface area contributed by atoms with Crippen molar-refractivity contribution in [1.29, 1.82) is 0 Å². The van der Waals surface area contributed by atoms with Gasteiger partial charge in [-0.25, -0.2) is 0 Å². The Morgan fingerprint density at radius 3 is 1.34 bits per heavy atom. The van der Waals surface area contributed by atoms with Crippen LogP contribution >= 0.6 is 0 Å². The topological polar surface area (TPSA) is 9.23 Å². The van der Waals surface area contributed by atoms with Crippen molar-refractivity contribution < 1.29 is 4.74 Å². The highest BCUT2D eigenvalue weighted by atomic mass is 16.5. The van der Waals surface area contributed by atoms with Gasteiger partial charge in [0, 0.05) is 6.61 Å². The van der Waals surface area contributed by atoms with Gasteiger partial charge < -0.3 is 4.74 Å². The highest BCUT2D eigenvalue weighted by Crippen LogP contribution is 2.23. The minimum atomic E-state index is 0.172. The van der Waals surface area contributed by atoms with Crippen LogP contribution < -0.4 is 0 Å². The van der Waals surface area contributed by atoms with Crippen LogP contribution in [0.15, 0.2) is 54.6 Å². The fourth-order valence-corrected chi connectivity index (χ4v) is 4.94. The molecule has 0 saturated heterocycles. The molecule has 0 heterocycles. The molecule has 0 aromatic heterocycles. The second-order valence-electron chi connectivity index (χ2n) is 10.5. The maximum atomic E-state index is 6.10. The van der Waals surface area contributed by atoms with Gasteiger partial charge in [-0.05, 0) is 30.0 Å². The predicted molar refractivity (Wildman–Crippen MR) is 155 cm³/mol. The molecule has 0 aliphatic carbocycles. The van der Waals surface area contributed by atoms with E-state index in [0.717, 1.165) is 6.61 Å². The normalized spacial score (nSPS) is 12.2. The Morgan fingerprint density at radius 1 is 0.486 bits per heavy atom. The third kappa shape index (κ3) is 14.5. The van der Waals surface area contributed by atoms with E-state index in [-0.39, 0.29) is 6.10 Å². The molecule has 0 fully saturated rings. The molecule has 0 aliphatic rings. The lowest BCUT2D eigenvalue weighted by Crippen LogP contribution is -2.01. The molecule has 35 heavy (non-hydrogen) atoms. The molecule has 1 unspecified atom stereocenters. The molecule has 0 amide bonds. The zero-order chi connectivity index (χ0) is 24.8. The minimum absolute atomic E-state index is 0.172. The first kappa shape index (κ1) is 29.6. The number of benzene rings is 2. The van der Waals surface area contributed by atoms with Gasteiger partial charge in [0.25, 0.3) is 0 Å². The molecule has 0 radical (unpaired) electrons. The van der Waals surface area contributed by atoms with E-state index in [1.165, 1.54) is 132 Å². The highest BCUT2D eigenvalue weighted by molar-refractivity contribution is 5.63. The SMILES string of the molecule is CCCCCCCCCCCCCCCCCCCCOC(C)c1ccc(-c2ccccc2)cc1. The summed E-state index contributed by atoms with van der Waals surface area (Å²) in [7, 11) is 0. The van der Waals surface area contributed by atoms with Crippen LogP contribution in [0.5, 0.6) is 0 Å². The molecule has 0 bridgehead atoms. The number of unbranched alkanes of at least 4 members (excludes halogenated alkanes) is 17. The van der Waals surface area contributed by atoms with E-state index in [1.807, 2.05) is 0 Å². The van der Waals surface area contributed by atoms with Crippen LogP contribution in [0.25, 0.3) is 11.1 Å². The third-order valence-electron chi connectivity index (χ3n) is 7.35. The average Bonchev–Trinajstić information content (AvgIpc) is 2.90. The molecule has 2 aromatic rings. The molecule has 2 rings (SSSR count). The van der Waals surface area contributed by atoms with Crippen molar-refractivity contribution in [3.05, 3.63) is 60.2 Å². The highest BCUT2D eigenvalue weighted by Gasteiger charge is 2.06. The van der Waals surface area contributed by atoms with Gasteiger partial charge in [-0.2, -0.15) is 0 Å². The van der Waals surface area contributed by atoms with E-state index in [9.17, 15) is 0 Å². The average molecular weight is 479 g/mol. The van der Waals surface area contributed by atoms with Crippen LogP contribution in [0.1, 0.15) is 141 Å². The van der Waals surface area contributed by atoms with Crippen LogP contribution in [0.4, 0.5) is 0 Å². The first-order valence-corrected chi connectivity index (χ1v) is 15.1. The smallest absolute Gasteiger partial charge is 0.0796 e. The van der Waals surface area contributed by atoms with Crippen molar-refractivity contribution in [3.8, 4) is 11.1 Å². The predicted octanol–water partition coefficient (Wildman–Crippen LogP) is 11.5. The molecule has 196 valence electrons. The van der Waals surface area contributed by atoms with Crippen LogP contribution in [0.2, 0.25) is 0 Å². The molecule has 0 aliphatic heterocycles. The Balaban J connectivity index is 1.34. The van der Waals surface area contributed by atoms with Crippen LogP contribution in [0.3, 0.4) is 0 Å². The fourth-order valence-electron chi connectivity index (χ4n) is 4.94. The van der Waals surface area contributed by atoms with Crippen LogP contribution in [0, 0.1) is 0 Å². The van der Waals surface area contributed by atoms with Gasteiger partial charge in [0.2, 0.25) is 0 Å². The van der Waals surface area contributed by atoms with Gasteiger partial charge in [0.05, 0.1) is 6.10 Å². The Kier molecular flexibility index (Phi) is 17.4. The lowest BCUT2D eigenvalue weighted by molar-refractivity contribution is 0.0627. The number of hydrogen-bond acceptors (Lipinski definition) is 1. The summed E-state index contributed by atoms with van der Waals surface area (Å²) < 4.78 is 6.10. The van der Waals surface area contributed by atoms with E-state index in [1.54, 1.807) is 0 Å². The Hall–Kier alpha value is -1.60. The Labute approximate surface area is 218 Å². The largest absolute Gasteiger partial charge is 0.374 e. The Morgan fingerprint density at radius 2 is 0.886 bits per heavy atom. The van der Waals surface area contributed by atoms with Crippen molar-refractivity contribution in [2.75, 3.05) is 6.61 Å². The lowest BCUT2D eigenvalue weighted by Gasteiger charge is -2.14. The van der Waals surface area contributed by atoms with E-state index in [2.05, 4.69) is 68.4 Å². The van der Waals surface area contributed by atoms with E-state index < -0.39 is 0 Å². The van der Waals surface area contributed by atoms with Crippen molar-refractivity contribution in [2.45, 2.75) is 136 Å². The molecular formula is C34H54O. The van der Waals surface area contributed by atoms with E-state index in [4.69, 9.17) is 4.74 Å².